The first-order valence-corrected chi connectivity index (χ1v) is 17.9. The number of hydrogen-bond donors (Lipinski definition) is 1. The van der Waals surface area contributed by atoms with E-state index in [0.29, 0.717) is 24.3 Å². The summed E-state index contributed by atoms with van der Waals surface area (Å²) in [4.78, 5) is 34.5. The molecule has 0 amide bonds. The van der Waals surface area contributed by atoms with Crippen LogP contribution in [0.2, 0.25) is 0 Å². The van der Waals surface area contributed by atoms with E-state index in [0.717, 1.165) is 69.9 Å². The van der Waals surface area contributed by atoms with Gasteiger partial charge in [-0.1, -0.05) is 62.4 Å². The van der Waals surface area contributed by atoms with Gasteiger partial charge in [0, 0.05) is 61.9 Å². The number of aromatic nitrogens is 5. The van der Waals surface area contributed by atoms with Gasteiger partial charge in [-0.2, -0.15) is 19.6 Å². The minimum absolute atomic E-state index is 0.0995. The lowest BCUT2D eigenvalue weighted by Crippen LogP contribution is -2.42. The van der Waals surface area contributed by atoms with Crippen molar-refractivity contribution in [1.29, 1.82) is 0 Å². The smallest absolute Gasteiger partial charge is 0.230 e. The van der Waals surface area contributed by atoms with E-state index in [4.69, 9.17) is 20.1 Å². The number of nitrogens with one attached hydrogen (secondary N) is 1. The second kappa shape index (κ2) is 14.3. The first kappa shape index (κ1) is 33.8. The third kappa shape index (κ3) is 7.13. The van der Waals surface area contributed by atoms with E-state index in [9.17, 15) is 4.79 Å². The molecule has 0 unspecified atom stereocenters. The van der Waals surface area contributed by atoms with Gasteiger partial charge in [0.2, 0.25) is 11.9 Å². The van der Waals surface area contributed by atoms with Crippen molar-refractivity contribution in [2.45, 2.75) is 52.0 Å². The molecule has 0 saturated carbocycles. The summed E-state index contributed by atoms with van der Waals surface area (Å²) in [5, 5.41) is 10.5. The van der Waals surface area contributed by atoms with Crippen molar-refractivity contribution in [2.24, 2.45) is 5.41 Å². The number of nitrogens with zero attached hydrogens (tertiary/aromatic N) is 8. The number of piperidine rings is 1. The van der Waals surface area contributed by atoms with E-state index < -0.39 is 0 Å². The summed E-state index contributed by atoms with van der Waals surface area (Å²) in [6.45, 7) is 9.97. The highest BCUT2D eigenvalue weighted by atomic mass is 16.1. The molecule has 7 rings (SSSR count). The quantitative estimate of drug-likeness (QED) is 0.164. The highest BCUT2D eigenvalue weighted by Gasteiger charge is 2.40. The fourth-order valence-corrected chi connectivity index (χ4v) is 7.58. The van der Waals surface area contributed by atoms with Gasteiger partial charge in [0.15, 0.2) is 11.4 Å². The summed E-state index contributed by atoms with van der Waals surface area (Å²) in [6.07, 6.45) is 11.4. The molecule has 0 bridgehead atoms. The minimum atomic E-state index is 0.0995. The number of benzene rings is 2. The third-order valence-corrected chi connectivity index (χ3v) is 10.4. The number of ketones is 1. The van der Waals surface area contributed by atoms with Crippen LogP contribution >= 0.6 is 0 Å². The lowest BCUT2D eigenvalue weighted by molar-refractivity contribution is -0.114. The fraction of sp³-hybridized carbons (Fsp3) is 0.425. The molecular formula is C40H49N9O. The molecule has 10 heteroatoms. The predicted molar refractivity (Wildman–Crippen MR) is 202 cm³/mol. The zero-order valence-electron chi connectivity index (χ0n) is 30.1. The number of likely N-dealkylation sites (tertiary alicyclic amines) is 1. The number of allylic oxidation sites excluding steroid dienone is 1. The molecule has 5 aromatic rings. The molecule has 0 radical (unpaired) electrons. The summed E-state index contributed by atoms with van der Waals surface area (Å²) in [5.41, 5.74) is 6.47. The van der Waals surface area contributed by atoms with Gasteiger partial charge in [0.25, 0.3) is 0 Å². The maximum absolute atomic E-state index is 12.6. The van der Waals surface area contributed by atoms with Gasteiger partial charge in [-0.05, 0) is 86.9 Å². The average Bonchev–Trinajstić information content (AvgIpc) is 3.70. The fourth-order valence-electron chi connectivity index (χ4n) is 7.58. The SMILES string of the molecule is CC(C)c1cnn2c(NCc3ccccc3-c3nccc4cc(CC(=O)/C=C/CN(C)C)ccc34)nc(N3CCC4(CCN(C)C4)CC3)nc12. The molecule has 2 saturated heterocycles. The number of carbonyl (C=O) groups is 1. The predicted octanol–water partition coefficient (Wildman–Crippen LogP) is 6.23. The molecular weight excluding hydrogens is 623 g/mol. The number of carbonyl (C=O) groups excluding carboxylic acids is 1. The molecule has 1 N–H and O–H groups in total. The molecule has 1 spiro atoms. The van der Waals surface area contributed by atoms with Crippen molar-refractivity contribution < 1.29 is 4.79 Å². The van der Waals surface area contributed by atoms with Crippen molar-refractivity contribution in [2.75, 3.05) is 64.1 Å². The summed E-state index contributed by atoms with van der Waals surface area (Å²) in [7, 11) is 6.22. The summed E-state index contributed by atoms with van der Waals surface area (Å²) in [6, 6.07) is 16.7. The second-order valence-electron chi connectivity index (χ2n) is 14.8. The lowest BCUT2D eigenvalue weighted by atomic mass is 9.78. The first-order chi connectivity index (χ1) is 24.2. The molecule has 2 aromatic carbocycles. The normalized spacial score (nSPS) is 16.6. The minimum Gasteiger partial charge on any atom is -0.350 e. The maximum atomic E-state index is 12.6. The number of pyridine rings is 1. The van der Waals surface area contributed by atoms with Crippen molar-refractivity contribution in [3.05, 3.63) is 89.8 Å². The zero-order valence-corrected chi connectivity index (χ0v) is 30.1. The van der Waals surface area contributed by atoms with Crippen LogP contribution in [0.4, 0.5) is 11.9 Å². The van der Waals surface area contributed by atoms with E-state index in [1.807, 2.05) is 54.1 Å². The summed E-state index contributed by atoms with van der Waals surface area (Å²) in [5.74, 6) is 1.85. The third-order valence-electron chi connectivity index (χ3n) is 10.4. The van der Waals surface area contributed by atoms with E-state index in [-0.39, 0.29) is 11.7 Å². The molecule has 5 heterocycles. The monoisotopic (exact) mass is 671 g/mol. The molecule has 2 aliphatic heterocycles. The van der Waals surface area contributed by atoms with Crippen molar-refractivity contribution in [3.8, 4) is 11.3 Å². The first-order valence-electron chi connectivity index (χ1n) is 17.9. The van der Waals surface area contributed by atoms with Crippen molar-refractivity contribution in [1.82, 2.24) is 34.4 Å². The van der Waals surface area contributed by atoms with Crippen molar-refractivity contribution in [3.63, 3.8) is 0 Å². The largest absolute Gasteiger partial charge is 0.350 e. The Hall–Kier alpha value is -4.67. The van der Waals surface area contributed by atoms with Gasteiger partial charge in [0.05, 0.1) is 11.9 Å². The number of likely N-dealkylation sites (N-methyl/N-ethyl adjacent to an activating group) is 1. The highest BCUT2D eigenvalue weighted by molar-refractivity contribution is 5.97. The van der Waals surface area contributed by atoms with Crippen LogP contribution in [0.3, 0.4) is 0 Å². The maximum Gasteiger partial charge on any atom is 0.230 e. The Morgan fingerprint density at radius 2 is 1.84 bits per heavy atom. The summed E-state index contributed by atoms with van der Waals surface area (Å²) >= 11 is 0. The van der Waals surface area contributed by atoms with Crippen LogP contribution in [0, 0.1) is 5.41 Å². The summed E-state index contributed by atoms with van der Waals surface area (Å²) < 4.78 is 1.85. The number of fused-ring (bicyclic) bond motifs is 2. The number of hydrogen-bond acceptors (Lipinski definition) is 9. The Morgan fingerprint density at radius 1 is 1.04 bits per heavy atom. The van der Waals surface area contributed by atoms with Crippen molar-refractivity contribution >= 4 is 34.1 Å². The van der Waals surface area contributed by atoms with E-state index in [1.165, 1.54) is 32.4 Å². The van der Waals surface area contributed by atoms with Crippen LogP contribution in [0.25, 0.3) is 27.7 Å². The molecule has 2 fully saturated rings. The average molecular weight is 672 g/mol. The standard InChI is InChI=1S/C40H49N9O/c1-28(2)35-26-43-49-37(35)44-39(48-21-16-40(17-22-48)15-20-47(5)27-40)45-38(49)42-25-31-9-6-7-11-33(31)36-34-13-12-29(23-30(34)14-18-41-36)24-32(50)10-8-19-46(3)4/h6-14,18,23,26,28H,15-17,19-22,24-25,27H2,1-5H3,(H,42,44,45)/b10-8+. The molecule has 0 aliphatic carbocycles. The Bertz CT molecular complexity index is 2020. The van der Waals surface area contributed by atoms with Gasteiger partial charge in [-0.3, -0.25) is 9.78 Å². The van der Waals surface area contributed by atoms with E-state index >= 15 is 0 Å². The second-order valence-corrected chi connectivity index (χ2v) is 14.8. The van der Waals surface area contributed by atoms with Gasteiger partial charge in [-0.15, -0.1) is 0 Å². The molecule has 0 atom stereocenters. The van der Waals surface area contributed by atoms with Gasteiger partial charge in [-0.25, -0.2) is 0 Å². The van der Waals surface area contributed by atoms with Crippen LogP contribution in [-0.4, -0.2) is 94.0 Å². The van der Waals surface area contributed by atoms with Gasteiger partial charge >= 0.3 is 0 Å². The molecule has 3 aromatic heterocycles. The van der Waals surface area contributed by atoms with Gasteiger partial charge < -0.3 is 20.0 Å². The molecule has 2 aliphatic rings. The van der Waals surface area contributed by atoms with E-state index in [2.05, 4.69) is 72.4 Å². The number of rotatable bonds is 11. The molecule has 10 nitrogen and oxygen atoms in total. The topological polar surface area (TPSA) is 94.8 Å². The van der Waals surface area contributed by atoms with E-state index in [1.54, 1.807) is 6.08 Å². The van der Waals surface area contributed by atoms with Crippen LogP contribution in [0.15, 0.2) is 73.1 Å². The molecule has 50 heavy (non-hydrogen) atoms. The molecule has 260 valence electrons. The van der Waals surface area contributed by atoms with Gasteiger partial charge in [0.1, 0.15) is 0 Å². The van der Waals surface area contributed by atoms with Crippen LogP contribution in [0.1, 0.15) is 55.7 Å². The Kier molecular flexibility index (Phi) is 9.66. The lowest BCUT2D eigenvalue weighted by Gasteiger charge is -2.39. The Labute approximate surface area is 295 Å². The van der Waals surface area contributed by atoms with Crippen LogP contribution < -0.4 is 10.2 Å². The van der Waals surface area contributed by atoms with Crippen LogP contribution in [0.5, 0.6) is 0 Å². The Balaban J connectivity index is 1.14. The number of anilines is 2. The Morgan fingerprint density at radius 3 is 2.60 bits per heavy atom. The zero-order chi connectivity index (χ0) is 34.8. The highest BCUT2D eigenvalue weighted by Crippen LogP contribution is 2.40. The van der Waals surface area contributed by atoms with Crippen LogP contribution in [-0.2, 0) is 17.8 Å².